The Labute approximate surface area is 119 Å². The largest absolute Gasteiger partial charge is 0.448 e. The molecule has 5 nitrogen and oxygen atoms in total. The van der Waals surface area contributed by atoms with E-state index >= 15 is 0 Å². The van der Waals surface area contributed by atoms with Crippen molar-refractivity contribution in [3.05, 3.63) is 35.8 Å². The van der Waals surface area contributed by atoms with Crippen LogP contribution >= 0.6 is 0 Å². The Hall–Kier alpha value is -1.62. The molecule has 20 heavy (non-hydrogen) atoms. The molecule has 0 atom stereocenters. The van der Waals surface area contributed by atoms with Crippen molar-refractivity contribution in [2.24, 2.45) is 7.05 Å². The van der Waals surface area contributed by atoms with E-state index < -0.39 is 0 Å². The number of nitrogens with zero attached hydrogens (tertiary/aromatic N) is 4. The van der Waals surface area contributed by atoms with Gasteiger partial charge in [0.1, 0.15) is 6.26 Å². The molecule has 0 N–H and O–H groups in total. The number of rotatable bonds is 6. The van der Waals surface area contributed by atoms with Crippen LogP contribution in [0.25, 0.3) is 0 Å². The molecule has 0 spiro atoms. The van der Waals surface area contributed by atoms with Crippen molar-refractivity contribution in [2.75, 3.05) is 0 Å². The van der Waals surface area contributed by atoms with Crippen molar-refractivity contribution < 1.29 is 4.42 Å². The lowest BCUT2D eigenvalue weighted by Crippen LogP contribution is -2.25. The third kappa shape index (κ3) is 3.10. The average molecular weight is 274 g/mol. The van der Waals surface area contributed by atoms with Crippen LogP contribution < -0.4 is 0 Å². The van der Waals surface area contributed by atoms with Crippen molar-refractivity contribution in [1.82, 2.24) is 19.7 Å². The topological polar surface area (TPSA) is 47.1 Å². The van der Waals surface area contributed by atoms with Gasteiger partial charge in [0.15, 0.2) is 5.89 Å². The van der Waals surface area contributed by atoms with E-state index in [1.54, 1.807) is 6.26 Å². The Balaban J connectivity index is 1.67. The van der Waals surface area contributed by atoms with Crippen LogP contribution in [-0.4, -0.2) is 25.7 Å². The number of hydrogen-bond donors (Lipinski definition) is 0. The summed E-state index contributed by atoms with van der Waals surface area (Å²) in [5.41, 5.74) is 2.29. The van der Waals surface area contributed by atoms with E-state index in [9.17, 15) is 0 Å². The monoisotopic (exact) mass is 274 g/mol. The zero-order valence-corrected chi connectivity index (χ0v) is 12.4. The Morgan fingerprint density at radius 3 is 2.75 bits per heavy atom. The first-order valence-electron chi connectivity index (χ1n) is 7.27. The summed E-state index contributed by atoms with van der Waals surface area (Å²) in [6.07, 6.45) is 8.40. The lowest BCUT2D eigenvalue weighted by molar-refractivity contribution is 0.242. The van der Waals surface area contributed by atoms with Crippen molar-refractivity contribution in [2.45, 2.75) is 51.7 Å². The highest BCUT2D eigenvalue weighted by atomic mass is 16.3. The standard InChI is InChI=1S/C15H22N4O/c1-11(2)15-17-13(10-20-15)9-19(14-4-5-14)8-12-6-16-18(3)7-12/h6-7,10-11,14H,4-5,8-9H2,1-3H3. The van der Waals surface area contributed by atoms with Crippen LogP contribution in [0.15, 0.2) is 23.1 Å². The highest BCUT2D eigenvalue weighted by molar-refractivity contribution is 5.07. The zero-order valence-electron chi connectivity index (χ0n) is 12.4. The van der Waals surface area contributed by atoms with Gasteiger partial charge in [0.2, 0.25) is 0 Å². The Morgan fingerprint density at radius 1 is 1.40 bits per heavy atom. The molecule has 2 heterocycles. The minimum Gasteiger partial charge on any atom is -0.448 e. The lowest BCUT2D eigenvalue weighted by atomic mass is 10.2. The van der Waals surface area contributed by atoms with Crippen LogP contribution in [0.1, 0.15) is 49.8 Å². The van der Waals surface area contributed by atoms with E-state index in [2.05, 4.69) is 35.0 Å². The van der Waals surface area contributed by atoms with Gasteiger partial charge < -0.3 is 4.42 Å². The van der Waals surface area contributed by atoms with Gasteiger partial charge >= 0.3 is 0 Å². The second kappa shape index (κ2) is 5.40. The van der Waals surface area contributed by atoms with Gasteiger partial charge in [-0.05, 0) is 12.8 Å². The fraction of sp³-hybridized carbons (Fsp3) is 0.600. The van der Waals surface area contributed by atoms with E-state index in [1.165, 1.54) is 18.4 Å². The summed E-state index contributed by atoms with van der Waals surface area (Å²) < 4.78 is 7.38. The molecule has 0 radical (unpaired) electrons. The number of hydrogen-bond acceptors (Lipinski definition) is 4. The maximum absolute atomic E-state index is 5.53. The molecule has 0 bridgehead atoms. The van der Waals surface area contributed by atoms with Crippen LogP contribution in [0.4, 0.5) is 0 Å². The molecule has 0 saturated heterocycles. The van der Waals surface area contributed by atoms with Gasteiger partial charge in [-0.15, -0.1) is 0 Å². The van der Waals surface area contributed by atoms with Gasteiger partial charge in [-0.25, -0.2) is 4.98 Å². The smallest absolute Gasteiger partial charge is 0.196 e. The summed E-state index contributed by atoms with van der Waals surface area (Å²) >= 11 is 0. The summed E-state index contributed by atoms with van der Waals surface area (Å²) in [6.45, 7) is 5.99. The molecule has 0 unspecified atom stereocenters. The highest BCUT2D eigenvalue weighted by Crippen LogP contribution is 2.29. The van der Waals surface area contributed by atoms with Gasteiger partial charge in [-0.1, -0.05) is 13.8 Å². The van der Waals surface area contributed by atoms with Crippen molar-refractivity contribution in [3.8, 4) is 0 Å². The van der Waals surface area contributed by atoms with Crippen molar-refractivity contribution in [1.29, 1.82) is 0 Å². The molecule has 1 aliphatic carbocycles. The van der Waals surface area contributed by atoms with E-state index in [0.717, 1.165) is 24.7 Å². The van der Waals surface area contributed by atoms with Crippen LogP contribution in [0.3, 0.4) is 0 Å². The van der Waals surface area contributed by atoms with Gasteiger partial charge in [0.05, 0.1) is 11.9 Å². The van der Waals surface area contributed by atoms with Gasteiger partial charge in [0.25, 0.3) is 0 Å². The van der Waals surface area contributed by atoms with Gasteiger partial charge in [-0.3, -0.25) is 9.58 Å². The SMILES string of the molecule is CC(C)c1nc(CN(Cc2cnn(C)c2)C2CC2)co1. The molecule has 0 amide bonds. The average Bonchev–Trinajstić information content (AvgIpc) is 3.01. The predicted octanol–water partition coefficient (Wildman–Crippen LogP) is 2.70. The number of aromatic nitrogens is 3. The van der Waals surface area contributed by atoms with Crippen LogP contribution in [-0.2, 0) is 20.1 Å². The molecule has 108 valence electrons. The van der Waals surface area contributed by atoms with Crippen LogP contribution in [0.2, 0.25) is 0 Å². The molecule has 2 aromatic rings. The first-order valence-corrected chi connectivity index (χ1v) is 7.27. The molecular weight excluding hydrogens is 252 g/mol. The molecule has 1 fully saturated rings. The highest BCUT2D eigenvalue weighted by Gasteiger charge is 2.29. The van der Waals surface area contributed by atoms with Crippen LogP contribution in [0.5, 0.6) is 0 Å². The first kappa shape index (κ1) is 13.4. The van der Waals surface area contributed by atoms with Gasteiger partial charge in [0, 0.05) is 43.9 Å². The van der Waals surface area contributed by atoms with E-state index in [1.807, 2.05) is 17.9 Å². The molecule has 0 aliphatic heterocycles. The van der Waals surface area contributed by atoms with Crippen molar-refractivity contribution >= 4 is 0 Å². The number of oxazole rings is 1. The summed E-state index contributed by atoms with van der Waals surface area (Å²) in [6, 6.07) is 0.689. The van der Waals surface area contributed by atoms with Gasteiger partial charge in [-0.2, -0.15) is 5.10 Å². The molecule has 5 heteroatoms. The fourth-order valence-corrected chi connectivity index (χ4v) is 2.41. The van der Waals surface area contributed by atoms with Crippen LogP contribution in [0, 0.1) is 0 Å². The fourth-order valence-electron chi connectivity index (χ4n) is 2.41. The lowest BCUT2D eigenvalue weighted by Gasteiger charge is -2.19. The molecule has 3 rings (SSSR count). The third-order valence-electron chi connectivity index (χ3n) is 3.64. The predicted molar refractivity (Wildman–Crippen MR) is 76.1 cm³/mol. The zero-order chi connectivity index (χ0) is 14.1. The molecule has 1 aliphatic rings. The van der Waals surface area contributed by atoms with E-state index in [4.69, 9.17) is 4.42 Å². The molecule has 2 aromatic heterocycles. The Kier molecular flexibility index (Phi) is 3.61. The first-order chi connectivity index (χ1) is 9.61. The molecule has 0 aromatic carbocycles. The maximum atomic E-state index is 5.53. The summed E-state index contributed by atoms with van der Waals surface area (Å²) in [4.78, 5) is 7.05. The minimum atomic E-state index is 0.344. The third-order valence-corrected chi connectivity index (χ3v) is 3.64. The Morgan fingerprint density at radius 2 is 2.20 bits per heavy atom. The van der Waals surface area contributed by atoms with E-state index in [-0.39, 0.29) is 0 Å². The second-order valence-electron chi connectivity index (χ2n) is 5.99. The second-order valence-corrected chi connectivity index (χ2v) is 5.99. The summed E-state index contributed by atoms with van der Waals surface area (Å²) in [7, 11) is 1.96. The quantitative estimate of drug-likeness (QED) is 0.812. The normalized spacial score (nSPS) is 15.4. The molecule has 1 saturated carbocycles. The molecular formula is C15H22N4O. The maximum Gasteiger partial charge on any atom is 0.196 e. The Bertz CT molecular complexity index is 568. The summed E-state index contributed by atoms with van der Waals surface area (Å²) in [5.74, 6) is 1.17. The van der Waals surface area contributed by atoms with Crippen molar-refractivity contribution in [3.63, 3.8) is 0 Å². The van der Waals surface area contributed by atoms with E-state index in [0.29, 0.717) is 12.0 Å². The summed E-state index contributed by atoms with van der Waals surface area (Å²) in [5, 5.41) is 4.24. The minimum absolute atomic E-state index is 0.344. The number of aryl methyl sites for hydroxylation is 1.